The van der Waals surface area contributed by atoms with E-state index < -0.39 is 4.69 Å². The van der Waals surface area contributed by atoms with Crippen LogP contribution in [0.5, 0.6) is 0 Å². The predicted octanol–water partition coefficient (Wildman–Crippen LogP) is 6.26. The van der Waals surface area contributed by atoms with Gasteiger partial charge >= 0.3 is 205 Å². The van der Waals surface area contributed by atoms with Crippen LogP contribution in [0.3, 0.4) is 0 Å². The number of nitrogens with zero attached hydrogens (tertiary/aromatic N) is 6. The van der Waals surface area contributed by atoms with Gasteiger partial charge in [0.15, 0.2) is 0 Å². The van der Waals surface area contributed by atoms with Gasteiger partial charge in [0.2, 0.25) is 0 Å². The third-order valence-corrected chi connectivity index (χ3v) is 8.17. The number of rotatable bonds is 12. The molecule has 33 heavy (non-hydrogen) atoms. The Morgan fingerprint density at radius 1 is 0.788 bits per heavy atom. The molecule has 0 saturated heterocycles. The van der Waals surface area contributed by atoms with Gasteiger partial charge in [-0.3, -0.25) is 0 Å². The molecule has 0 aliphatic heterocycles. The summed E-state index contributed by atoms with van der Waals surface area (Å²) in [6, 6.07) is 6.38. The van der Waals surface area contributed by atoms with E-state index in [2.05, 4.69) is 89.9 Å². The molecule has 0 radical (unpaired) electrons. The first-order chi connectivity index (χ1) is 15.9. The summed E-state index contributed by atoms with van der Waals surface area (Å²) in [7, 11) is 0. The van der Waals surface area contributed by atoms with E-state index in [0.717, 1.165) is 36.3 Å². The zero-order valence-electron chi connectivity index (χ0n) is 20.8. The van der Waals surface area contributed by atoms with Gasteiger partial charge in [0.1, 0.15) is 0 Å². The van der Waals surface area contributed by atoms with Crippen LogP contribution >= 0.6 is 0 Å². The Kier molecular flexibility index (Phi) is 8.55. The molecule has 0 N–H and O–H groups in total. The molecule has 0 aromatic carbocycles. The van der Waals surface area contributed by atoms with Crippen molar-refractivity contribution in [2.75, 3.05) is 0 Å². The second-order valence-corrected chi connectivity index (χ2v) is 10.2. The molecule has 3 atom stereocenters. The SMILES string of the molecule is C=CC=[CH][Mn][C](n1ccc(C(C)CC)n1)(n1ccc(C(C)CC)n1)n1ccc(C(C)CC)n1. The maximum atomic E-state index is 5.08. The quantitative estimate of drug-likeness (QED) is 0.223. The van der Waals surface area contributed by atoms with Crippen molar-refractivity contribution in [1.29, 1.82) is 0 Å². The van der Waals surface area contributed by atoms with E-state index in [4.69, 9.17) is 15.3 Å². The van der Waals surface area contributed by atoms with Crippen LogP contribution in [0.1, 0.15) is 95.6 Å². The Morgan fingerprint density at radius 2 is 1.15 bits per heavy atom. The summed E-state index contributed by atoms with van der Waals surface area (Å²) in [6.07, 6.45) is 13.2. The third kappa shape index (κ3) is 5.09. The summed E-state index contributed by atoms with van der Waals surface area (Å²) in [5, 5.41) is 15.2. The standard InChI is InChI=1S/C22H33N6.C4H5.Mn/c1-7-16(4)19-10-13-26(23-19)22(27-14-11-20(24-27)17(5)8-2)28-15-12-21(25-28)18(6)9-3;1-3-4-2;/h10-18H,7-9H2,1-6H3;1,3-4H,2H2;. The minimum absolute atomic E-state index is 0.265. The van der Waals surface area contributed by atoms with Gasteiger partial charge < -0.3 is 0 Å². The molecule has 3 heterocycles. The van der Waals surface area contributed by atoms with Crippen molar-refractivity contribution in [3.05, 3.63) is 77.6 Å². The number of allylic oxidation sites excluding steroid dienone is 2. The second kappa shape index (κ2) is 11.2. The molecule has 0 fully saturated rings. The van der Waals surface area contributed by atoms with Crippen LogP contribution in [-0.4, -0.2) is 29.3 Å². The van der Waals surface area contributed by atoms with Crippen LogP contribution in [0.2, 0.25) is 0 Å². The predicted molar refractivity (Wildman–Crippen MR) is 131 cm³/mol. The van der Waals surface area contributed by atoms with Crippen LogP contribution in [0.25, 0.3) is 0 Å². The van der Waals surface area contributed by atoms with Crippen molar-refractivity contribution in [3.63, 3.8) is 0 Å². The van der Waals surface area contributed by atoms with Crippen molar-refractivity contribution in [2.24, 2.45) is 0 Å². The van der Waals surface area contributed by atoms with Gasteiger partial charge in [0.05, 0.1) is 0 Å². The molecule has 0 aliphatic carbocycles. The first-order valence-corrected chi connectivity index (χ1v) is 13.3. The van der Waals surface area contributed by atoms with Crippen molar-refractivity contribution in [3.8, 4) is 0 Å². The van der Waals surface area contributed by atoms with E-state index in [1.54, 1.807) is 0 Å². The van der Waals surface area contributed by atoms with Gasteiger partial charge in [-0.2, -0.15) is 0 Å². The van der Waals surface area contributed by atoms with E-state index in [-0.39, 0.29) is 15.0 Å². The maximum absolute atomic E-state index is 5.08. The van der Waals surface area contributed by atoms with Crippen molar-refractivity contribution in [1.82, 2.24) is 29.3 Å². The third-order valence-electron chi connectivity index (χ3n) is 6.47. The number of hydrogen-bond donors (Lipinski definition) is 0. The van der Waals surface area contributed by atoms with Gasteiger partial charge in [-0.05, 0) is 0 Å². The molecule has 0 spiro atoms. The Balaban J connectivity index is 2.25. The number of hydrogen-bond acceptors (Lipinski definition) is 3. The fourth-order valence-electron chi connectivity index (χ4n) is 3.54. The van der Waals surface area contributed by atoms with Gasteiger partial charge in [0, 0.05) is 0 Å². The molecule has 3 rings (SSSR count). The zero-order valence-corrected chi connectivity index (χ0v) is 22.0. The molecule has 3 aromatic heterocycles. The Morgan fingerprint density at radius 3 is 1.45 bits per heavy atom. The molecule has 3 unspecified atom stereocenters. The van der Waals surface area contributed by atoms with Gasteiger partial charge in [-0.15, -0.1) is 0 Å². The molecular formula is C26H38MnN6. The molecular weight excluding hydrogens is 451 g/mol. The van der Waals surface area contributed by atoms with Crippen LogP contribution < -0.4 is 0 Å². The van der Waals surface area contributed by atoms with E-state index in [1.165, 1.54) is 0 Å². The van der Waals surface area contributed by atoms with E-state index >= 15 is 0 Å². The Labute approximate surface area is 204 Å². The first kappa shape index (κ1) is 25.3. The summed E-state index contributed by atoms with van der Waals surface area (Å²) < 4.78 is 5.39. The topological polar surface area (TPSA) is 53.5 Å². The molecule has 7 heteroatoms. The summed E-state index contributed by atoms with van der Waals surface area (Å²) in [5.74, 6) is 1.16. The molecule has 0 amide bonds. The van der Waals surface area contributed by atoms with Crippen LogP contribution in [0, 0.1) is 0 Å². The molecule has 6 nitrogen and oxygen atoms in total. The average Bonchev–Trinajstić information content (AvgIpc) is 3.61. The van der Waals surface area contributed by atoms with Crippen molar-refractivity contribution >= 4 is 0 Å². The summed E-state index contributed by atoms with van der Waals surface area (Å²) in [6.45, 7) is 17.1. The molecule has 179 valence electrons. The second-order valence-electron chi connectivity index (χ2n) is 8.70. The molecule has 0 saturated carbocycles. The van der Waals surface area contributed by atoms with Crippen LogP contribution in [-0.2, 0) is 19.6 Å². The summed E-state index contributed by atoms with van der Waals surface area (Å²) in [5.41, 5.74) is 3.26. The van der Waals surface area contributed by atoms with Gasteiger partial charge in [0.25, 0.3) is 0 Å². The van der Waals surface area contributed by atoms with Gasteiger partial charge in [-0.25, -0.2) is 0 Å². The van der Waals surface area contributed by atoms with E-state index in [0.29, 0.717) is 17.8 Å². The first-order valence-electron chi connectivity index (χ1n) is 12.0. The van der Waals surface area contributed by atoms with Crippen LogP contribution in [0.4, 0.5) is 0 Å². The fraction of sp³-hybridized carbons (Fsp3) is 0.500. The van der Waals surface area contributed by atoms with E-state index in [1.807, 2.05) is 26.2 Å². The number of aromatic nitrogens is 6. The Hall–Kier alpha value is -2.37. The van der Waals surface area contributed by atoms with Crippen molar-refractivity contribution < 1.29 is 15.0 Å². The average molecular weight is 490 g/mol. The summed E-state index contributed by atoms with van der Waals surface area (Å²) in [4.78, 5) is 2.15. The molecule has 0 aliphatic rings. The molecule has 3 aromatic rings. The normalized spacial score (nSPS) is 16.5. The summed E-state index contributed by atoms with van der Waals surface area (Å²) >= 11 is 0.265. The van der Waals surface area contributed by atoms with Gasteiger partial charge in [-0.1, -0.05) is 0 Å². The zero-order chi connectivity index (χ0) is 24.0. The Bertz CT molecular complexity index is 941. The fourth-order valence-corrected chi connectivity index (χ4v) is 4.99. The minimum atomic E-state index is -0.744. The van der Waals surface area contributed by atoms with Crippen molar-refractivity contribution in [2.45, 2.75) is 83.2 Å². The molecule has 0 bridgehead atoms. The van der Waals surface area contributed by atoms with E-state index in [9.17, 15) is 0 Å². The van der Waals surface area contributed by atoms with Crippen LogP contribution in [0.15, 0.2) is 60.5 Å². The monoisotopic (exact) mass is 489 g/mol.